The lowest BCUT2D eigenvalue weighted by molar-refractivity contribution is 0.364. The molecular weight excluding hydrogens is 546 g/mol. The SMILES string of the molecule is CC(C)(C)Nc1ncnc2ccc(-c3ccc(F)c(CN(C4(Cl)CC4Cl)S(=O)(=O)c4ccccc4)c3)cc12. The van der Waals surface area contributed by atoms with Gasteiger partial charge in [-0.05, 0) is 68.3 Å². The molecule has 5 rings (SSSR count). The minimum Gasteiger partial charge on any atom is -0.365 e. The van der Waals surface area contributed by atoms with Gasteiger partial charge in [0.2, 0.25) is 10.0 Å². The van der Waals surface area contributed by atoms with Crippen LogP contribution in [0, 0.1) is 5.82 Å². The smallest absolute Gasteiger partial charge is 0.244 e. The molecule has 0 aliphatic heterocycles. The standard InChI is InChI=1S/C28H27Cl2FN4O2S/c1-27(2,3)34-26-22-14-19(10-12-24(22)32-17-33-26)18-9-11-23(31)20(13-18)16-35(28(30)15-25(28)29)38(36,37)21-7-5-4-6-8-21/h4-14,17,25H,15-16H2,1-3H3,(H,32,33,34). The summed E-state index contributed by atoms with van der Waals surface area (Å²) in [5.74, 6) is 0.158. The molecule has 1 fully saturated rings. The lowest BCUT2D eigenvalue weighted by Crippen LogP contribution is -2.40. The third-order valence-electron chi connectivity index (χ3n) is 6.35. The molecule has 2 atom stereocenters. The molecule has 1 saturated carbocycles. The van der Waals surface area contributed by atoms with Crippen LogP contribution in [-0.4, -0.2) is 38.6 Å². The van der Waals surface area contributed by atoms with Crippen LogP contribution in [0.5, 0.6) is 0 Å². The number of fused-ring (bicyclic) bond motifs is 1. The molecule has 10 heteroatoms. The van der Waals surface area contributed by atoms with Crippen LogP contribution < -0.4 is 5.32 Å². The van der Waals surface area contributed by atoms with Gasteiger partial charge in [-0.3, -0.25) is 0 Å². The predicted octanol–water partition coefficient (Wildman–Crippen LogP) is 6.78. The number of rotatable bonds is 7. The first-order valence-corrected chi connectivity index (χ1v) is 14.4. The van der Waals surface area contributed by atoms with Crippen LogP contribution in [0.2, 0.25) is 0 Å². The Hall–Kier alpha value is -2.78. The van der Waals surface area contributed by atoms with Crippen molar-refractivity contribution in [1.82, 2.24) is 14.3 Å². The first-order valence-electron chi connectivity index (χ1n) is 12.1. The number of alkyl halides is 2. The van der Waals surface area contributed by atoms with E-state index in [4.69, 9.17) is 23.2 Å². The van der Waals surface area contributed by atoms with Crippen LogP contribution in [0.25, 0.3) is 22.0 Å². The molecule has 198 valence electrons. The fourth-order valence-electron chi connectivity index (χ4n) is 4.31. The number of nitrogens with one attached hydrogen (secondary N) is 1. The largest absolute Gasteiger partial charge is 0.365 e. The van der Waals surface area contributed by atoms with Gasteiger partial charge in [0.05, 0.1) is 15.8 Å². The third kappa shape index (κ3) is 5.23. The Bertz CT molecular complexity index is 1610. The predicted molar refractivity (Wildman–Crippen MR) is 150 cm³/mol. The van der Waals surface area contributed by atoms with Gasteiger partial charge >= 0.3 is 0 Å². The molecule has 3 aromatic carbocycles. The summed E-state index contributed by atoms with van der Waals surface area (Å²) in [6, 6.07) is 18.3. The van der Waals surface area contributed by atoms with Crippen LogP contribution in [0.3, 0.4) is 0 Å². The van der Waals surface area contributed by atoms with Gasteiger partial charge in [-0.2, -0.15) is 4.31 Å². The summed E-state index contributed by atoms with van der Waals surface area (Å²) in [4.78, 5) is 7.52. The van der Waals surface area contributed by atoms with Crippen LogP contribution in [0.15, 0.2) is 78.0 Å². The van der Waals surface area contributed by atoms with E-state index < -0.39 is 26.2 Å². The molecule has 1 N–H and O–H groups in total. The Morgan fingerprint density at radius 2 is 1.71 bits per heavy atom. The second-order valence-corrected chi connectivity index (χ2v) is 13.5. The van der Waals surface area contributed by atoms with Gasteiger partial charge in [-0.25, -0.2) is 22.8 Å². The van der Waals surface area contributed by atoms with E-state index >= 15 is 4.39 Å². The number of anilines is 1. The Balaban J connectivity index is 1.55. The number of halogens is 3. The zero-order chi connectivity index (χ0) is 27.3. The highest BCUT2D eigenvalue weighted by molar-refractivity contribution is 7.89. The Morgan fingerprint density at radius 3 is 2.37 bits per heavy atom. The van der Waals surface area contributed by atoms with Gasteiger partial charge in [0.1, 0.15) is 23.0 Å². The van der Waals surface area contributed by atoms with Gasteiger partial charge < -0.3 is 5.32 Å². The molecule has 0 amide bonds. The van der Waals surface area contributed by atoms with Crippen molar-refractivity contribution in [2.45, 2.75) is 54.5 Å². The Labute approximate surface area is 231 Å². The van der Waals surface area contributed by atoms with Crippen LogP contribution in [0.1, 0.15) is 32.8 Å². The maximum atomic E-state index is 15.1. The van der Waals surface area contributed by atoms with E-state index in [1.165, 1.54) is 24.5 Å². The lowest BCUT2D eigenvalue weighted by Gasteiger charge is -2.27. The van der Waals surface area contributed by atoms with Gasteiger partial charge in [0, 0.05) is 29.5 Å². The molecule has 1 aliphatic carbocycles. The summed E-state index contributed by atoms with van der Waals surface area (Å²) >= 11 is 12.9. The molecule has 0 bridgehead atoms. The van der Waals surface area contributed by atoms with Gasteiger partial charge in [0.25, 0.3) is 0 Å². The monoisotopic (exact) mass is 572 g/mol. The van der Waals surface area contributed by atoms with Crippen molar-refractivity contribution in [3.05, 3.63) is 84.4 Å². The maximum Gasteiger partial charge on any atom is 0.244 e. The Morgan fingerprint density at radius 1 is 1.05 bits per heavy atom. The van der Waals surface area contributed by atoms with E-state index in [9.17, 15) is 8.42 Å². The van der Waals surface area contributed by atoms with E-state index in [0.717, 1.165) is 20.8 Å². The van der Waals surface area contributed by atoms with Crippen molar-refractivity contribution in [1.29, 1.82) is 0 Å². The van der Waals surface area contributed by atoms with Crippen LogP contribution >= 0.6 is 23.2 Å². The van der Waals surface area contributed by atoms with Crippen molar-refractivity contribution in [3.8, 4) is 11.1 Å². The summed E-state index contributed by atoms with van der Waals surface area (Å²) < 4.78 is 43.4. The topological polar surface area (TPSA) is 75.2 Å². The minimum absolute atomic E-state index is 0.0701. The molecule has 4 aromatic rings. The quantitative estimate of drug-likeness (QED) is 0.195. The lowest BCUT2D eigenvalue weighted by atomic mass is 10.0. The first kappa shape index (κ1) is 26.8. The van der Waals surface area contributed by atoms with Crippen molar-refractivity contribution < 1.29 is 12.8 Å². The van der Waals surface area contributed by atoms with E-state index in [0.29, 0.717) is 11.4 Å². The second kappa shape index (κ2) is 9.75. The maximum absolute atomic E-state index is 15.1. The van der Waals surface area contributed by atoms with Crippen molar-refractivity contribution in [3.63, 3.8) is 0 Å². The van der Waals surface area contributed by atoms with E-state index in [-0.39, 0.29) is 29.0 Å². The number of sulfonamides is 1. The molecular formula is C28H27Cl2FN4O2S. The number of hydrogen-bond acceptors (Lipinski definition) is 5. The number of benzene rings is 3. The third-order valence-corrected chi connectivity index (χ3v) is 9.60. The molecule has 6 nitrogen and oxygen atoms in total. The molecule has 1 aliphatic rings. The molecule has 0 saturated heterocycles. The number of aromatic nitrogens is 2. The Kier molecular flexibility index (Phi) is 6.88. The average Bonchev–Trinajstić information content (AvgIpc) is 3.49. The number of nitrogens with zero attached hydrogens (tertiary/aromatic N) is 3. The number of hydrogen-bond donors (Lipinski definition) is 1. The van der Waals surface area contributed by atoms with E-state index in [1.807, 2.05) is 39.0 Å². The highest BCUT2D eigenvalue weighted by Crippen LogP contribution is 2.52. The molecule has 38 heavy (non-hydrogen) atoms. The first-order chi connectivity index (χ1) is 17.9. The van der Waals surface area contributed by atoms with E-state index in [2.05, 4.69) is 15.3 Å². The molecule has 1 aromatic heterocycles. The fourth-order valence-corrected chi connectivity index (χ4v) is 6.95. The zero-order valence-electron chi connectivity index (χ0n) is 21.1. The molecule has 1 heterocycles. The highest BCUT2D eigenvalue weighted by atomic mass is 35.5. The summed E-state index contributed by atoms with van der Waals surface area (Å²) in [6.07, 6.45) is 1.77. The average molecular weight is 574 g/mol. The minimum atomic E-state index is -4.05. The van der Waals surface area contributed by atoms with E-state index in [1.54, 1.807) is 30.3 Å². The summed E-state index contributed by atoms with van der Waals surface area (Å²) in [6.45, 7) is 5.86. The van der Waals surface area contributed by atoms with Gasteiger partial charge in [-0.15, -0.1) is 11.6 Å². The highest BCUT2D eigenvalue weighted by Gasteiger charge is 2.60. The van der Waals surface area contributed by atoms with Crippen molar-refractivity contribution >= 4 is 49.9 Å². The summed E-state index contributed by atoms with van der Waals surface area (Å²) in [7, 11) is -4.05. The van der Waals surface area contributed by atoms with Gasteiger partial charge in [-0.1, -0.05) is 41.9 Å². The zero-order valence-corrected chi connectivity index (χ0v) is 23.4. The fraction of sp³-hybridized carbons (Fsp3) is 0.286. The van der Waals surface area contributed by atoms with Crippen molar-refractivity contribution in [2.75, 3.05) is 5.32 Å². The van der Waals surface area contributed by atoms with Crippen LogP contribution in [-0.2, 0) is 16.6 Å². The molecule has 0 spiro atoms. The normalized spacial score (nSPS) is 19.6. The second-order valence-electron chi connectivity index (χ2n) is 10.5. The molecule has 2 unspecified atom stereocenters. The molecule has 0 radical (unpaired) electrons. The van der Waals surface area contributed by atoms with Gasteiger partial charge in [0.15, 0.2) is 0 Å². The summed E-state index contributed by atoms with van der Waals surface area (Å²) in [5.41, 5.74) is 2.27. The van der Waals surface area contributed by atoms with Crippen LogP contribution in [0.4, 0.5) is 10.2 Å². The van der Waals surface area contributed by atoms with Crippen molar-refractivity contribution in [2.24, 2.45) is 0 Å². The summed E-state index contributed by atoms with van der Waals surface area (Å²) in [5, 5.41) is 3.64.